The fraction of sp³-hybridized carbons (Fsp3) is 0.192. The van der Waals surface area contributed by atoms with E-state index in [-0.39, 0.29) is 23.2 Å². The first kappa shape index (κ1) is 23.4. The summed E-state index contributed by atoms with van der Waals surface area (Å²) in [6.07, 6.45) is 2.02. The van der Waals surface area contributed by atoms with Crippen molar-refractivity contribution in [2.45, 2.75) is 19.9 Å². The van der Waals surface area contributed by atoms with Crippen LogP contribution in [0.1, 0.15) is 32.6 Å². The molecule has 168 valence electrons. The quantitative estimate of drug-likeness (QED) is 0.398. The first-order valence-corrected chi connectivity index (χ1v) is 10.3. The van der Waals surface area contributed by atoms with Crippen molar-refractivity contribution in [3.8, 4) is 23.4 Å². The number of ether oxygens (including phenoxy) is 2. The zero-order chi connectivity index (χ0) is 24.0. The van der Waals surface area contributed by atoms with E-state index in [0.29, 0.717) is 30.1 Å². The Morgan fingerprint density at radius 1 is 1.15 bits per heavy atom. The Morgan fingerprint density at radius 3 is 2.36 bits per heavy atom. The van der Waals surface area contributed by atoms with E-state index in [9.17, 15) is 20.0 Å². The predicted molar refractivity (Wildman–Crippen MR) is 124 cm³/mol. The zero-order valence-corrected chi connectivity index (χ0v) is 18.5. The van der Waals surface area contributed by atoms with Crippen LogP contribution in [-0.4, -0.2) is 29.2 Å². The van der Waals surface area contributed by atoms with E-state index in [0.717, 1.165) is 10.1 Å². The molecule has 0 radical (unpaired) electrons. The van der Waals surface area contributed by atoms with E-state index in [4.69, 9.17) is 9.47 Å². The van der Waals surface area contributed by atoms with E-state index < -0.39 is 17.2 Å². The van der Waals surface area contributed by atoms with Crippen molar-refractivity contribution in [3.05, 3.63) is 99.4 Å². The Labute approximate surface area is 191 Å². The predicted octanol–water partition coefficient (Wildman–Crippen LogP) is 3.78. The molecule has 0 fully saturated rings. The van der Waals surface area contributed by atoms with E-state index in [1.807, 2.05) is 18.2 Å². The average Bonchev–Trinajstić information content (AvgIpc) is 2.83. The molecule has 0 spiro atoms. The first-order valence-electron chi connectivity index (χ1n) is 10.3. The molecule has 0 aliphatic heterocycles. The van der Waals surface area contributed by atoms with Crippen LogP contribution >= 0.6 is 0 Å². The lowest BCUT2D eigenvalue weighted by molar-refractivity contribution is 0.103. The molecule has 0 unspecified atom stereocenters. The summed E-state index contributed by atoms with van der Waals surface area (Å²) in [7, 11) is 1.57. The lowest BCUT2D eigenvalue weighted by atomic mass is 9.97. The van der Waals surface area contributed by atoms with Gasteiger partial charge in [-0.2, -0.15) is 5.26 Å². The third-order valence-electron chi connectivity index (χ3n) is 5.29. The smallest absolute Gasteiger partial charge is 0.271 e. The number of aromatic hydroxyl groups is 1. The second kappa shape index (κ2) is 10.3. The number of nitriles is 1. The number of methoxy groups -OCH3 is 1. The lowest BCUT2D eigenvalue weighted by Crippen LogP contribution is -2.27. The summed E-state index contributed by atoms with van der Waals surface area (Å²) < 4.78 is 11.6. The topological polar surface area (TPSA) is 102 Å². The summed E-state index contributed by atoms with van der Waals surface area (Å²) in [6.45, 7) is 5.51. The van der Waals surface area contributed by atoms with Crippen LogP contribution in [0, 0.1) is 18.3 Å². The molecule has 0 atom stereocenters. The van der Waals surface area contributed by atoms with Crippen LogP contribution in [-0.2, 0) is 13.0 Å². The summed E-state index contributed by atoms with van der Waals surface area (Å²) in [5.41, 5.74) is 0.480. The molecule has 0 bridgehead atoms. The van der Waals surface area contributed by atoms with Crippen molar-refractivity contribution in [2.24, 2.45) is 0 Å². The van der Waals surface area contributed by atoms with Gasteiger partial charge in [-0.25, -0.2) is 0 Å². The number of pyridine rings is 1. The second-order valence-electron chi connectivity index (χ2n) is 7.32. The molecular formula is C26H24N2O5. The van der Waals surface area contributed by atoms with Crippen molar-refractivity contribution < 1.29 is 19.4 Å². The molecule has 0 aliphatic carbocycles. The maximum Gasteiger partial charge on any atom is 0.271 e. The van der Waals surface area contributed by atoms with Crippen molar-refractivity contribution >= 4 is 5.78 Å². The summed E-state index contributed by atoms with van der Waals surface area (Å²) in [4.78, 5) is 26.1. The number of hydrogen-bond acceptors (Lipinski definition) is 6. The van der Waals surface area contributed by atoms with Crippen LogP contribution < -0.4 is 15.0 Å². The van der Waals surface area contributed by atoms with Crippen molar-refractivity contribution in [2.75, 3.05) is 13.7 Å². The Morgan fingerprint density at radius 2 is 1.79 bits per heavy atom. The minimum Gasteiger partial charge on any atom is -0.497 e. The molecule has 1 N–H and O–H groups in total. The Kier molecular flexibility index (Phi) is 7.31. The van der Waals surface area contributed by atoms with Gasteiger partial charge in [0.2, 0.25) is 5.88 Å². The molecule has 1 heterocycles. The van der Waals surface area contributed by atoms with E-state index in [1.54, 1.807) is 49.6 Å². The van der Waals surface area contributed by atoms with Gasteiger partial charge >= 0.3 is 0 Å². The van der Waals surface area contributed by atoms with E-state index >= 15 is 0 Å². The average molecular weight is 444 g/mol. The summed E-state index contributed by atoms with van der Waals surface area (Å²) in [5.74, 6) is 0.321. The number of benzene rings is 2. The van der Waals surface area contributed by atoms with Gasteiger partial charge in [-0.15, -0.1) is 0 Å². The first-order chi connectivity index (χ1) is 15.9. The van der Waals surface area contributed by atoms with E-state index in [1.165, 1.54) is 6.92 Å². The third-order valence-corrected chi connectivity index (χ3v) is 5.29. The number of carbonyl (C=O) groups excluding carboxylic acids is 1. The number of ketones is 1. The van der Waals surface area contributed by atoms with Gasteiger partial charge in [0.15, 0.2) is 5.78 Å². The van der Waals surface area contributed by atoms with Gasteiger partial charge < -0.3 is 14.6 Å². The number of carbonyl (C=O) groups is 1. The van der Waals surface area contributed by atoms with E-state index in [2.05, 4.69) is 6.58 Å². The molecule has 1 aromatic heterocycles. The number of aryl methyl sites for hydroxylation is 1. The normalized spacial score (nSPS) is 10.3. The zero-order valence-electron chi connectivity index (χ0n) is 18.5. The Bertz CT molecular complexity index is 1270. The second-order valence-corrected chi connectivity index (χ2v) is 7.32. The van der Waals surface area contributed by atoms with Crippen molar-refractivity contribution in [3.63, 3.8) is 0 Å². The monoisotopic (exact) mass is 444 g/mol. The van der Waals surface area contributed by atoms with Gasteiger partial charge in [0.1, 0.15) is 29.7 Å². The fourth-order valence-corrected chi connectivity index (χ4v) is 3.47. The van der Waals surface area contributed by atoms with Gasteiger partial charge in [-0.1, -0.05) is 24.8 Å². The molecule has 3 rings (SSSR count). The highest BCUT2D eigenvalue weighted by atomic mass is 16.5. The minimum atomic E-state index is -0.634. The van der Waals surface area contributed by atoms with Crippen LogP contribution in [0.3, 0.4) is 0 Å². The third kappa shape index (κ3) is 4.96. The molecule has 7 nitrogen and oxygen atoms in total. The molecule has 0 aliphatic rings. The van der Waals surface area contributed by atoms with Crippen LogP contribution in [0.25, 0.3) is 0 Å². The van der Waals surface area contributed by atoms with Gasteiger partial charge in [0.05, 0.1) is 12.7 Å². The standard InChI is InChI=1S/C26H24N2O5/c1-4-15-33-21-11-7-19(8-12-21)24(29)23-17(2)22(16-27)25(30)28(26(23)31)14-13-18-5-9-20(32-3)10-6-18/h4-12,31H,1,13-15H2,2-3H3. The summed E-state index contributed by atoms with van der Waals surface area (Å²) >= 11 is 0. The molecule has 0 saturated heterocycles. The number of rotatable bonds is 9. The highest BCUT2D eigenvalue weighted by Gasteiger charge is 2.24. The number of nitrogens with zero attached hydrogens (tertiary/aromatic N) is 2. The molecular weight excluding hydrogens is 420 g/mol. The summed E-state index contributed by atoms with van der Waals surface area (Å²) in [5, 5.41) is 20.5. The fourth-order valence-electron chi connectivity index (χ4n) is 3.47. The molecule has 0 amide bonds. The van der Waals surface area contributed by atoms with Gasteiger partial charge in [0, 0.05) is 12.1 Å². The Balaban J connectivity index is 1.97. The summed E-state index contributed by atoms with van der Waals surface area (Å²) in [6, 6.07) is 15.6. The maximum absolute atomic E-state index is 13.2. The van der Waals surface area contributed by atoms with Crippen molar-refractivity contribution in [1.29, 1.82) is 5.26 Å². The molecule has 33 heavy (non-hydrogen) atoms. The van der Waals surface area contributed by atoms with Gasteiger partial charge in [0.25, 0.3) is 5.56 Å². The number of hydrogen-bond donors (Lipinski definition) is 1. The minimum absolute atomic E-state index is 0.0689. The molecule has 7 heteroatoms. The number of aromatic nitrogens is 1. The highest BCUT2D eigenvalue weighted by Crippen LogP contribution is 2.26. The highest BCUT2D eigenvalue weighted by molar-refractivity contribution is 6.11. The molecule has 3 aromatic rings. The largest absolute Gasteiger partial charge is 0.497 e. The van der Waals surface area contributed by atoms with Crippen molar-refractivity contribution in [1.82, 2.24) is 4.57 Å². The van der Waals surface area contributed by atoms with Crippen LogP contribution in [0.15, 0.2) is 66.0 Å². The van der Waals surface area contributed by atoms with Crippen LogP contribution in [0.2, 0.25) is 0 Å². The van der Waals surface area contributed by atoms with Crippen LogP contribution in [0.5, 0.6) is 17.4 Å². The lowest BCUT2D eigenvalue weighted by Gasteiger charge is -2.16. The molecule has 0 saturated carbocycles. The van der Waals surface area contributed by atoms with Crippen LogP contribution in [0.4, 0.5) is 0 Å². The van der Waals surface area contributed by atoms with Gasteiger partial charge in [-0.05, 0) is 60.9 Å². The van der Waals surface area contributed by atoms with Gasteiger partial charge in [-0.3, -0.25) is 14.2 Å². The maximum atomic E-state index is 13.2. The SMILES string of the molecule is C=CCOc1ccc(C(=O)c2c(C)c(C#N)c(=O)n(CCc3ccc(OC)cc3)c2O)cc1. The molecule has 2 aromatic carbocycles. The Hall–Kier alpha value is -4.31.